The monoisotopic (exact) mass is 290 g/mol. The fourth-order valence-corrected chi connectivity index (χ4v) is 3.00. The Balaban J connectivity index is 2.09. The van der Waals surface area contributed by atoms with E-state index in [9.17, 15) is 4.79 Å². The van der Waals surface area contributed by atoms with Crippen LogP contribution < -0.4 is 5.32 Å². The lowest BCUT2D eigenvalue weighted by Gasteiger charge is -2.34. The highest BCUT2D eigenvalue weighted by atomic mass is 16.5. The molecule has 1 aromatic rings. The van der Waals surface area contributed by atoms with Crippen molar-refractivity contribution in [2.24, 2.45) is 5.92 Å². The summed E-state index contributed by atoms with van der Waals surface area (Å²) in [5.41, 5.74) is 2.77. The molecule has 4 heteroatoms. The fraction of sp³-hybridized carbons (Fsp3) is 0.588. The third-order valence-corrected chi connectivity index (χ3v) is 4.41. The van der Waals surface area contributed by atoms with Crippen LogP contribution in [0.3, 0.4) is 0 Å². The summed E-state index contributed by atoms with van der Waals surface area (Å²) >= 11 is 0. The summed E-state index contributed by atoms with van der Waals surface area (Å²) in [6.45, 7) is 6.61. The van der Waals surface area contributed by atoms with Crippen LogP contribution in [0.4, 0.5) is 5.69 Å². The molecule has 0 radical (unpaired) electrons. The molecule has 21 heavy (non-hydrogen) atoms. The van der Waals surface area contributed by atoms with E-state index in [1.807, 2.05) is 18.2 Å². The summed E-state index contributed by atoms with van der Waals surface area (Å²) in [7, 11) is 3.60. The first-order valence-electron chi connectivity index (χ1n) is 7.65. The quantitative estimate of drug-likeness (QED) is 0.866. The molecule has 4 nitrogen and oxygen atoms in total. The van der Waals surface area contributed by atoms with Gasteiger partial charge in [0.05, 0.1) is 12.7 Å². The van der Waals surface area contributed by atoms with Crippen molar-refractivity contribution in [3.63, 3.8) is 0 Å². The van der Waals surface area contributed by atoms with Gasteiger partial charge in [-0.05, 0) is 63.9 Å². The Bertz CT molecular complexity index is 502. The average Bonchev–Trinajstić information content (AvgIpc) is 2.48. The van der Waals surface area contributed by atoms with Crippen molar-refractivity contribution in [2.75, 3.05) is 32.6 Å². The number of methoxy groups -OCH3 is 1. The summed E-state index contributed by atoms with van der Waals surface area (Å²) in [4.78, 5) is 14.0. The number of carbonyl (C=O) groups is 1. The molecule has 1 fully saturated rings. The highest BCUT2D eigenvalue weighted by Crippen LogP contribution is 2.24. The van der Waals surface area contributed by atoms with Crippen molar-refractivity contribution < 1.29 is 9.53 Å². The first-order valence-corrected chi connectivity index (χ1v) is 7.65. The zero-order valence-electron chi connectivity index (χ0n) is 13.5. The van der Waals surface area contributed by atoms with Crippen molar-refractivity contribution in [2.45, 2.75) is 32.7 Å². The van der Waals surface area contributed by atoms with E-state index in [0.717, 1.165) is 17.8 Å². The minimum Gasteiger partial charge on any atom is -0.465 e. The van der Waals surface area contributed by atoms with Crippen LogP contribution in [-0.2, 0) is 4.74 Å². The minimum atomic E-state index is -0.289. The van der Waals surface area contributed by atoms with E-state index in [-0.39, 0.29) is 5.97 Å². The molecule has 2 unspecified atom stereocenters. The number of hydrogen-bond acceptors (Lipinski definition) is 4. The van der Waals surface area contributed by atoms with Crippen LogP contribution in [0.15, 0.2) is 18.2 Å². The molecule has 0 aromatic heterocycles. The van der Waals surface area contributed by atoms with Gasteiger partial charge in [-0.3, -0.25) is 0 Å². The standard InChI is InChI=1S/C17H26N2O2/c1-12-7-8-14(17(20)21-4)10-16(12)18-13(2)15-6-5-9-19(3)11-15/h7-8,10,13,15,18H,5-6,9,11H2,1-4H3. The van der Waals surface area contributed by atoms with Crippen molar-refractivity contribution in [3.8, 4) is 0 Å². The van der Waals surface area contributed by atoms with Gasteiger partial charge in [-0.15, -0.1) is 0 Å². The van der Waals surface area contributed by atoms with E-state index in [1.165, 1.54) is 26.5 Å². The maximum absolute atomic E-state index is 11.7. The Morgan fingerprint density at radius 1 is 1.48 bits per heavy atom. The van der Waals surface area contributed by atoms with Crippen LogP contribution >= 0.6 is 0 Å². The number of piperidine rings is 1. The highest BCUT2D eigenvalue weighted by Gasteiger charge is 2.23. The molecule has 2 rings (SSSR count). The van der Waals surface area contributed by atoms with Crippen LogP contribution in [0.5, 0.6) is 0 Å². The van der Waals surface area contributed by atoms with Gasteiger partial charge in [0, 0.05) is 18.3 Å². The number of nitrogens with one attached hydrogen (secondary N) is 1. The molecule has 1 aliphatic rings. The first kappa shape index (κ1) is 15.8. The normalized spacial score (nSPS) is 20.9. The summed E-state index contributed by atoms with van der Waals surface area (Å²) < 4.78 is 4.79. The van der Waals surface area contributed by atoms with Gasteiger partial charge in [0.15, 0.2) is 0 Å². The summed E-state index contributed by atoms with van der Waals surface area (Å²) in [5.74, 6) is 0.355. The summed E-state index contributed by atoms with van der Waals surface area (Å²) in [6, 6.07) is 6.06. The lowest BCUT2D eigenvalue weighted by Crippen LogP contribution is -2.40. The molecule has 1 aliphatic heterocycles. The predicted molar refractivity (Wildman–Crippen MR) is 85.8 cm³/mol. The van der Waals surface area contributed by atoms with Crippen LogP contribution in [0.1, 0.15) is 35.7 Å². The van der Waals surface area contributed by atoms with Crippen molar-refractivity contribution in [1.29, 1.82) is 0 Å². The van der Waals surface area contributed by atoms with Gasteiger partial charge < -0.3 is 15.0 Å². The number of esters is 1. The van der Waals surface area contributed by atoms with Gasteiger partial charge >= 0.3 is 5.97 Å². The van der Waals surface area contributed by atoms with Crippen LogP contribution in [-0.4, -0.2) is 44.2 Å². The lowest BCUT2D eigenvalue weighted by molar-refractivity contribution is 0.0601. The molecule has 0 bridgehead atoms. The smallest absolute Gasteiger partial charge is 0.337 e. The largest absolute Gasteiger partial charge is 0.465 e. The number of likely N-dealkylation sites (tertiary alicyclic amines) is 1. The molecule has 1 heterocycles. The first-order chi connectivity index (χ1) is 10.0. The number of hydrogen-bond donors (Lipinski definition) is 1. The number of nitrogens with zero attached hydrogens (tertiary/aromatic N) is 1. The van der Waals surface area contributed by atoms with E-state index in [2.05, 4.69) is 31.1 Å². The molecular formula is C17H26N2O2. The zero-order chi connectivity index (χ0) is 15.4. The maximum atomic E-state index is 11.7. The van der Waals surface area contributed by atoms with Gasteiger partial charge in [0.1, 0.15) is 0 Å². The number of benzene rings is 1. The van der Waals surface area contributed by atoms with Gasteiger partial charge in [-0.1, -0.05) is 6.07 Å². The molecule has 1 N–H and O–H groups in total. The summed E-state index contributed by atoms with van der Waals surface area (Å²) in [5, 5.41) is 3.59. The van der Waals surface area contributed by atoms with Gasteiger partial charge in [0.25, 0.3) is 0 Å². The van der Waals surface area contributed by atoms with E-state index in [4.69, 9.17) is 4.74 Å². The predicted octanol–water partition coefficient (Wildman–Crippen LogP) is 2.92. The Kier molecular flexibility index (Phi) is 5.23. The molecule has 0 saturated carbocycles. The number of aryl methyl sites for hydroxylation is 1. The fourth-order valence-electron chi connectivity index (χ4n) is 3.00. The van der Waals surface area contributed by atoms with E-state index in [1.54, 1.807) is 0 Å². The Morgan fingerprint density at radius 3 is 2.90 bits per heavy atom. The van der Waals surface area contributed by atoms with Crippen LogP contribution in [0, 0.1) is 12.8 Å². The molecule has 1 aromatic carbocycles. The number of carbonyl (C=O) groups excluding carboxylic acids is 1. The minimum absolute atomic E-state index is 0.289. The number of ether oxygens (including phenoxy) is 1. The van der Waals surface area contributed by atoms with Crippen molar-refractivity contribution in [1.82, 2.24) is 4.90 Å². The Hall–Kier alpha value is -1.55. The van der Waals surface area contributed by atoms with Crippen molar-refractivity contribution in [3.05, 3.63) is 29.3 Å². The summed E-state index contributed by atoms with van der Waals surface area (Å²) in [6.07, 6.45) is 2.52. The van der Waals surface area contributed by atoms with Crippen molar-refractivity contribution >= 4 is 11.7 Å². The van der Waals surface area contributed by atoms with Crippen LogP contribution in [0.2, 0.25) is 0 Å². The third-order valence-electron chi connectivity index (χ3n) is 4.41. The third kappa shape index (κ3) is 3.97. The van der Waals surface area contributed by atoms with Gasteiger partial charge in [-0.25, -0.2) is 4.79 Å². The number of anilines is 1. The second kappa shape index (κ2) is 6.94. The second-order valence-corrected chi connectivity index (χ2v) is 6.12. The Labute approximate surface area is 127 Å². The average molecular weight is 290 g/mol. The zero-order valence-corrected chi connectivity index (χ0v) is 13.5. The lowest BCUT2D eigenvalue weighted by atomic mass is 9.91. The number of rotatable bonds is 4. The molecular weight excluding hydrogens is 264 g/mol. The molecule has 116 valence electrons. The van der Waals surface area contributed by atoms with Gasteiger partial charge in [0.2, 0.25) is 0 Å². The highest BCUT2D eigenvalue weighted by molar-refractivity contribution is 5.90. The molecule has 1 saturated heterocycles. The van der Waals surface area contributed by atoms with Gasteiger partial charge in [-0.2, -0.15) is 0 Å². The second-order valence-electron chi connectivity index (χ2n) is 6.12. The van der Waals surface area contributed by atoms with E-state index >= 15 is 0 Å². The SMILES string of the molecule is COC(=O)c1ccc(C)c(NC(C)C2CCCN(C)C2)c1. The topological polar surface area (TPSA) is 41.6 Å². The molecule has 0 spiro atoms. The molecule has 2 atom stereocenters. The molecule has 0 amide bonds. The maximum Gasteiger partial charge on any atom is 0.337 e. The van der Waals surface area contributed by atoms with E-state index < -0.39 is 0 Å². The molecule has 0 aliphatic carbocycles. The van der Waals surface area contributed by atoms with E-state index in [0.29, 0.717) is 17.5 Å². The Morgan fingerprint density at radius 2 is 2.24 bits per heavy atom. The van der Waals surface area contributed by atoms with Crippen LogP contribution in [0.25, 0.3) is 0 Å².